The van der Waals surface area contributed by atoms with Crippen LogP contribution in [0.2, 0.25) is 0 Å². The fourth-order valence-corrected chi connectivity index (χ4v) is 4.31. The molecule has 124 valence electrons. The molecule has 0 unspecified atom stereocenters. The van der Waals surface area contributed by atoms with E-state index >= 15 is 0 Å². The lowest BCUT2D eigenvalue weighted by Gasteiger charge is -2.32. The molecule has 25 heavy (non-hydrogen) atoms. The zero-order chi connectivity index (χ0) is 16.8. The summed E-state index contributed by atoms with van der Waals surface area (Å²) in [6.45, 7) is 3.79. The van der Waals surface area contributed by atoms with Crippen molar-refractivity contribution in [2.75, 3.05) is 11.4 Å². The van der Waals surface area contributed by atoms with Crippen molar-refractivity contribution in [2.24, 2.45) is 0 Å². The van der Waals surface area contributed by atoms with E-state index in [4.69, 9.17) is 4.98 Å². The van der Waals surface area contributed by atoms with Crippen LogP contribution in [0.25, 0.3) is 21.7 Å². The van der Waals surface area contributed by atoms with E-state index in [0.717, 1.165) is 34.5 Å². The van der Waals surface area contributed by atoms with Gasteiger partial charge < -0.3 is 9.47 Å². The average molecular weight is 348 g/mol. The summed E-state index contributed by atoms with van der Waals surface area (Å²) in [4.78, 5) is 11.5. The minimum atomic E-state index is 0.253. The van der Waals surface area contributed by atoms with Crippen LogP contribution in [0.5, 0.6) is 0 Å². The summed E-state index contributed by atoms with van der Waals surface area (Å²) in [7, 11) is 0. The number of para-hydroxylation sites is 1. The fourth-order valence-electron chi connectivity index (χ4n) is 3.34. The van der Waals surface area contributed by atoms with Gasteiger partial charge in [0.25, 0.3) is 0 Å². The molecule has 0 saturated heterocycles. The molecule has 5 rings (SSSR count). The molecule has 1 aliphatic rings. The van der Waals surface area contributed by atoms with Gasteiger partial charge in [0.1, 0.15) is 5.69 Å². The summed E-state index contributed by atoms with van der Waals surface area (Å²) >= 11 is 1.73. The molecule has 0 aliphatic carbocycles. The number of nitrogens with zero attached hydrogens (tertiary/aromatic N) is 6. The lowest BCUT2D eigenvalue weighted by atomic mass is 10.2. The average Bonchev–Trinajstić information content (AvgIpc) is 3.26. The summed E-state index contributed by atoms with van der Waals surface area (Å²) in [5, 5.41) is 9.86. The smallest absolute Gasteiger partial charge is 0.186 e. The molecule has 0 saturated carbocycles. The third-order valence-corrected chi connectivity index (χ3v) is 5.57. The number of hydrogen-bond donors (Lipinski definition) is 0. The van der Waals surface area contributed by atoms with Gasteiger partial charge in [-0.05, 0) is 31.2 Å². The van der Waals surface area contributed by atoms with E-state index in [-0.39, 0.29) is 6.04 Å². The van der Waals surface area contributed by atoms with Crippen LogP contribution in [0.1, 0.15) is 18.8 Å². The van der Waals surface area contributed by atoms with Crippen molar-refractivity contribution < 1.29 is 0 Å². The van der Waals surface area contributed by atoms with Crippen LogP contribution in [0.15, 0.2) is 48.7 Å². The number of fused-ring (bicyclic) bond motifs is 2. The highest BCUT2D eigenvalue weighted by Crippen LogP contribution is 2.33. The topological polar surface area (TPSA) is 59.7 Å². The largest absolute Gasteiger partial charge is 0.338 e. The van der Waals surface area contributed by atoms with E-state index in [0.29, 0.717) is 6.54 Å². The van der Waals surface area contributed by atoms with Crippen molar-refractivity contribution in [2.45, 2.75) is 19.5 Å². The third-order valence-electron chi connectivity index (χ3n) is 4.47. The molecule has 4 aromatic rings. The molecule has 0 spiro atoms. The predicted octanol–water partition coefficient (Wildman–Crippen LogP) is 3.53. The minimum Gasteiger partial charge on any atom is -0.338 e. The van der Waals surface area contributed by atoms with Crippen molar-refractivity contribution in [1.82, 2.24) is 24.7 Å². The minimum absolute atomic E-state index is 0.253. The highest BCUT2D eigenvalue weighted by molar-refractivity contribution is 7.22. The van der Waals surface area contributed by atoms with Crippen molar-refractivity contribution in [3.63, 3.8) is 0 Å². The van der Waals surface area contributed by atoms with E-state index in [1.807, 2.05) is 24.3 Å². The molecule has 0 bridgehead atoms. The molecule has 0 amide bonds. The van der Waals surface area contributed by atoms with Gasteiger partial charge in [-0.15, -0.1) is 10.2 Å². The number of anilines is 1. The number of aromatic nitrogens is 5. The second-order valence-corrected chi connectivity index (χ2v) is 7.23. The van der Waals surface area contributed by atoms with Crippen LogP contribution in [-0.4, -0.2) is 31.3 Å². The SMILES string of the molecule is C[C@H]1CN(c2nc3ccccc3s2)Cc2nnc(-c3ccccn3)n21. The van der Waals surface area contributed by atoms with Crippen molar-refractivity contribution in [1.29, 1.82) is 0 Å². The lowest BCUT2D eigenvalue weighted by molar-refractivity contribution is 0.466. The molecular weight excluding hydrogens is 332 g/mol. The number of benzene rings is 1. The Hall–Kier alpha value is -2.80. The molecule has 1 atom stereocenters. The molecule has 1 aromatic carbocycles. The summed E-state index contributed by atoms with van der Waals surface area (Å²) in [5.41, 5.74) is 1.91. The van der Waals surface area contributed by atoms with Crippen molar-refractivity contribution in [3.05, 3.63) is 54.5 Å². The maximum atomic E-state index is 4.78. The Morgan fingerprint density at radius 1 is 1.08 bits per heavy atom. The molecule has 6 nitrogen and oxygen atoms in total. The summed E-state index contributed by atoms with van der Waals surface area (Å²) in [5.74, 6) is 1.80. The van der Waals surface area contributed by atoms with E-state index in [1.54, 1.807) is 17.5 Å². The number of thiazole rings is 1. The molecule has 3 aromatic heterocycles. The summed E-state index contributed by atoms with van der Waals surface area (Å²) in [6, 6.07) is 14.4. The third kappa shape index (κ3) is 2.39. The van der Waals surface area contributed by atoms with Crippen molar-refractivity contribution in [3.8, 4) is 11.5 Å². The summed E-state index contributed by atoms with van der Waals surface area (Å²) < 4.78 is 3.41. The van der Waals surface area contributed by atoms with Gasteiger partial charge in [0.2, 0.25) is 0 Å². The zero-order valence-corrected chi connectivity index (χ0v) is 14.5. The number of rotatable bonds is 2. The Balaban J connectivity index is 1.52. The highest BCUT2D eigenvalue weighted by atomic mass is 32.1. The Kier molecular flexibility index (Phi) is 3.27. The molecule has 4 heterocycles. The van der Waals surface area contributed by atoms with Crippen LogP contribution < -0.4 is 4.90 Å². The highest BCUT2D eigenvalue weighted by Gasteiger charge is 2.28. The maximum Gasteiger partial charge on any atom is 0.186 e. The Morgan fingerprint density at radius 2 is 1.96 bits per heavy atom. The van der Waals surface area contributed by atoms with E-state index < -0.39 is 0 Å². The molecule has 0 fully saturated rings. The molecule has 7 heteroatoms. The Morgan fingerprint density at radius 3 is 2.80 bits per heavy atom. The van der Waals surface area contributed by atoms with E-state index in [1.165, 1.54) is 4.70 Å². The second kappa shape index (κ2) is 5.63. The van der Waals surface area contributed by atoms with Gasteiger partial charge >= 0.3 is 0 Å². The van der Waals surface area contributed by atoms with Crippen LogP contribution >= 0.6 is 11.3 Å². The maximum absolute atomic E-state index is 4.78. The first-order chi connectivity index (χ1) is 12.3. The standard InChI is InChI=1S/C18H16N6S/c1-12-10-23(18-20-13-6-2-3-8-15(13)25-18)11-16-21-22-17(24(12)16)14-7-4-5-9-19-14/h2-9,12H,10-11H2,1H3/t12-/m0/s1. The van der Waals surface area contributed by atoms with E-state index in [2.05, 4.69) is 49.8 Å². The lowest BCUT2D eigenvalue weighted by Crippen LogP contribution is -2.36. The van der Waals surface area contributed by atoms with Gasteiger partial charge in [-0.2, -0.15) is 0 Å². The van der Waals surface area contributed by atoms with Gasteiger partial charge in [-0.25, -0.2) is 4.98 Å². The molecule has 1 aliphatic heterocycles. The molecular formula is C18H16N6S. The van der Waals surface area contributed by atoms with Gasteiger partial charge in [0.15, 0.2) is 16.8 Å². The number of pyridine rings is 1. The van der Waals surface area contributed by atoms with Crippen molar-refractivity contribution >= 4 is 26.7 Å². The monoisotopic (exact) mass is 348 g/mol. The first-order valence-corrected chi connectivity index (χ1v) is 9.07. The van der Waals surface area contributed by atoms with Crippen LogP contribution in [0.4, 0.5) is 5.13 Å². The number of hydrogen-bond acceptors (Lipinski definition) is 6. The van der Waals surface area contributed by atoms with Crippen LogP contribution in [-0.2, 0) is 6.54 Å². The normalized spacial score (nSPS) is 17.0. The van der Waals surface area contributed by atoms with Gasteiger partial charge in [-0.1, -0.05) is 29.5 Å². The van der Waals surface area contributed by atoms with Crippen LogP contribution in [0.3, 0.4) is 0 Å². The first kappa shape index (κ1) is 14.5. The fraction of sp³-hybridized carbons (Fsp3) is 0.222. The van der Waals surface area contributed by atoms with Gasteiger partial charge in [0.05, 0.1) is 22.8 Å². The Bertz CT molecular complexity index is 1010. The Labute approximate surface area is 148 Å². The first-order valence-electron chi connectivity index (χ1n) is 8.25. The van der Waals surface area contributed by atoms with E-state index in [9.17, 15) is 0 Å². The quantitative estimate of drug-likeness (QED) is 0.555. The zero-order valence-electron chi connectivity index (χ0n) is 13.7. The second-order valence-electron chi connectivity index (χ2n) is 6.22. The summed E-state index contributed by atoms with van der Waals surface area (Å²) in [6.07, 6.45) is 1.79. The van der Waals surface area contributed by atoms with Crippen LogP contribution in [0, 0.1) is 0 Å². The predicted molar refractivity (Wildman–Crippen MR) is 98.6 cm³/mol. The molecule has 0 N–H and O–H groups in total. The van der Waals surface area contributed by atoms with Gasteiger partial charge in [-0.3, -0.25) is 4.98 Å². The van der Waals surface area contributed by atoms with Gasteiger partial charge in [0, 0.05) is 12.7 Å². The molecule has 0 radical (unpaired) electrons.